The van der Waals surface area contributed by atoms with Gasteiger partial charge in [-0.15, -0.1) is 5.10 Å². The van der Waals surface area contributed by atoms with E-state index >= 15 is 4.39 Å². The van der Waals surface area contributed by atoms with Gasteiger partial charge >= 0.3 is 5.76 Å². The van der Waals surface area contributed by atoms with Gasteiger partial charge in [0.25, 0.3) is 5.56 Å². The van der Waals surface area contributed by atoms with Crippen LogP contribution in [0.4, 0.5) is 8.78 Å². The molecule has 1 aliphatic carbocycles. The minimum absolute atomic E-state index is 0.0207. The Morgan fingerprint density at radius 2 is 1.90 bits per heavy atom. The van der Waals surface area contributed by atoms with E-state index in [9.17, 15) is 14.0 Å². The first-order valence-electron chi connectivity index (χ1n) is 9.68. The summed E-state index contributed by atoms with van der Waals surface area (Å²) in [6.45, 7) is 1.69. The molecule has 1 saturated carbocycles. The predicted molar refractivity (Wildman–Crippen MR) is 106 cm³/mol. The summed E-state index contributed by atoms with van der Waals surface area (Å²) in [4.78, 5) is 33.3. The van der Waals surface area contributed by atoms with Gasteiger partial charge < -0.3 is 4.42 Å². The number of aryl methyl sites for hydroxylation is 1. The molecular formula is C21H17F2N5O3. The molecular weight excluding hydrogens is 408 g/mol. The largest absolute Gasteiger partial charge is 0.437 e. The number of nitrogens with zero attached hydrogens (tertiary/aromatic N) is 5. The van der Waals surface area contributed by atoms with Gasteiger partial charge in [0, 0.05) is 19.0 Å². The van der Waals surface area contributed by atoms with Gasteiger partial charge in [-0.05, 0) is 36.2 Å². The van der Waals surface area contributed by atoms with E-state index in [4.69, 9.17) is 4.42 Å². The Labute approximate surface area is 173 Å². The van der Waals surface area contributed by atoms with Gasteiger partial charge in [0.1, 0.15) is 24.4 Å². The van der Waals surface area contributed by atoms with Crippen molar-refractivity contribution in [1.82, 2.24) is 24.3 Å². The van der Waals surface area contributed by atoms with Crippen LogP contribution in [0.1, 0.15) is 35.9 Å². The number of alkyl halides is 1. The fourth-order valence-electron chi connectivity index (χ4n) is 3.95. The Morgan fingerprint density at radius 1 is 1.16 bits per heavy atom. The lowest BCUT2D eigenvalue weighted by atomic mass is 9.73. The number of halogens is 2. The maximum atomic E-state index is 15.1. The topological polar surface area (TPSA) is 95.8 Å². The molecule has 3 aromatic heterocycles. The standard InChI is InChI=1S/C21H17F2N5O3/c1-12-6-7-24-18-17(12)19(29)27(11-25-18)10-16-26-28(20(30)31-16)15-8-21(23,9-15)13-2-4-14(22)5-3-13/h2-7,11,15H,8-10H2,1H3. The van der Waals surface area contributed by atoms with Crippen molar-refractivity contribution >= 4 is 11.0 Å². The number of aromatic nitrogens is 5. The Bertz CT molecular complexity index is 1400. The van der Waals surface area contributed by atoms with Crippen molar-refractivity contribution in [3.63, 3.8) is 0 Å². The molecule has 0 unspecified atom stereocenters. The molecule has 0 N–H and O–H groups in total. The molecule has 3 heterocycles. The maximum absolute atomic E-state index is 15.1. The zero-order valence-corrected chi connectivity index (χ0v) is 16.5. The third kappa shape index (κ3) is 3.24. The molecule has 0 bridgehead atoms. The third-order valence-corrected chi connectivity index (χ3v) is 5.68. The molecule has 0 spiro atoms. The van der Waals surface area contributed by atoms with Crippen LogP contribution in [0.25, 0.3) is 11.0 Å². The number of rotatable bonds is 4. The van der Waals surface area contributed by atoms with Crippen LogP contribution in [0, 0.1) is 12.7 Å². The highest BCUT2D eigenvalue weighted by molar-refractivity contribution is 5.76. The summed E-state index contributed by atoms with van der Waals surface area (Å²) in [5.74, 6) is -1.14. The summed E-state index contributed by atoms with van der Waals surface area (Å²) in [6, 6.07) is 6.44. The zero-order chi connectivity index (χ0) is 21.8. The number of pyridine rings is 1. The van der Waals surface area contributed by atoms with Crippen molar-refractivity contribution in [3.05, 3.63) is 86.6 Å². The number of fused-ring (bicyclic) bond motifs is 1. The van der Waals surface area contributed by atoms with E-state index in [0.717, 1.165) is 10.2 Å². The van der Waals surface area contributed by atoms with Crippen LogP contribution in [0.5, 0.6) is 0 Å². The highest BCUT2D eigenvalue weighted by Crippen LogP contribution is 2.50. The second-order valence-corrected chi connectivity index (χ2v) is 7.74. The van der Waals surface area contributed by atoms with Crippen LogP contribution in [0.15, 0.2) is 56.9 Å². The lowest BCUT2D eigenvalue weighted by Gasteiger charge is -2.40. The molecule has 5 rings (SSSR count). The molecule has 10 heteroatoms. The van der Waals surface area contributed by atoms with Crippen LogP contribution in [0.2, 0.25) is 0 Å². The summed E-state index contributed by atoms with van der Waals surface area (Å²) in [6.07, 6.45) is 2.94. The van der Waals surface area contributed by atoms with Crippen LogP contribution in [-0.4, -0.2) is 24.3 Å². The van der Waals surface area contributed by atoms with E-state index in [2.05, 4.69) is 15.1 Å². The average Bonchev–Trinajstić information content (AvgIpc) is 3.08. The molecule has 4 aromatic rings. The molecule has 8 nitrogen and oxygen atoms in total. The van der Waals surface area contributed by atoms with E-state index in [-0.39, 0.29) is 30.8 Å². The Morgan fingerprint density at radius 3 is 2.65 bits per heavy atom. The minimum atomic E-state index is -1.65. The summed E-state index contributed by atoms with van der Waals surface area (Å²) >= 11 is 0. The smallest absolute Gasteiger partial charge is 0.390 e. The fourth-order valence-corrected chi connectivity index (χ4v) is 3.95. The Hall–Kier alpha value is -3.69. The summed E-state index contributed by atoms with van der Waals surface area (Å²) < 4.78 is 35.7. The molecule has 1 aromatic carbocycles. The van der Waals surface area contributed by atoms with E-state index < -0.39 is 23.3 Å². The van der Waals surface area contributed by atoms with Crippen LogP contribution in [-0.2, 0) is 12.2 Å². The van der Waals surface area contributed by atoms with Crippen molar-refractivity contribution in [3.8, 4) is 0 Å². The average molecular weight is 425 g/mol. The minimum Gasteiger partial charge on any atom is -0.390 e. The summed E-state index contributed by atoms with van der Waals surface area (Å²) in [5, 5.41) is 4.53. The van der Waals surface area contributed by atoms with Gasteiger partial charge in [0.2, 0.25) is 5.89 Å². The van der Waals surface area contributed by atoms with Gasteiger partial charge in [0.05, 0.1) is 11.4 Å². The molecule has 1 fully saturated rings. The molecule has 158 valence electrons. The van der Waals surface area contributed by atoms with E-state index in [1.165, 1.54) is 35.2 Å². The van der Waals surface area contributed by atoms with Crippen molar-refractivity contribution < 1.29 is 13.2 Å². The van der Waals surface area contributed by atoms with Gasteiger partial charge in [-0.25, -0.2) is 23.5 Å². The van der Waals surface area contributed by atoms with E-state index in [0.29, 0.717) is 16.6 Å². The molecule has 31 heavy (non-hydrogen) atoms. The van der Waals surface area contributed by atoms with Crippen LogP contribution >= 0.6 is 0 Å². The van der Waals surface area contributed by atoms with E-state index in [1.807, 2.05) is 0 Å². The maximum Gasteiger partial charge on any atom is 0.437 e. The first-order chi connectivity index (χ1) is 14.8. The Balaban J connectivity index is 1.38. The van der Waals surface area contributed by atoms with Crippen molar-refractivity contribution in [1.29, 1.82) is 0 Å². The number of benzene rings is 1. The highest BCUT2D eigenvalue weighted by Gasteiger charge is 2.48. The zero-order valence-electron chi connectivity index (χ0n) is 16.5. The molecule has 0 saturated heterocycles. The van der Waals surface area contributed by atoms with Crippen molar-refractivity contribution in [2.75, 3.05) is 0 Å². The number of hydrogen-bond donors (Lipinski definition) is 0. The normalized spacial score (nSPS) is 20.7. The first kappa shape index (κ1) is 19.3. The number of hydrogen-bond acceptors (Lipinski definition) is 6. The summed E-state index contributed by atoms with van der Waals surface area (Å²) in [7, 11) is 0. The molecule has 0 radical (unpaired) electrons. The molecule has 0 amide bonds. The highest BCUT2D eigenvalue weighted by atomic mass is 19.1. The second-order valence-electron chi connectivity index (χ2n) is 7.74. The van der Waals surface area contributed by atoms with Gasteiger partial charge in [-0.2, -0.15) is 4.68 Å². The fraction of sp³-hybridized carbons (Fsp3) is 0.286. The third-order valence-electron chi connectivity index (χ3n) is 5.68. The molecule has 1 aliphatic rings. The first-order valence-corrected chi connectivity index (χ1v) is 9.68. The predicted octanol–water partition coefficient (Wildman–Crippen LogP) is 2.64. The summed E-state index contributed by atoms with van der Waals surface area (Å²) in [5.41, 5.74) is -0.544. The second kappa shape index (κ2) is 6.93. The van der Waals surface area contributed by atoms with Gasteiger partial charge in [-0.1, -0.05) is 12.1 Å². The van der Waals surface area contributed by atoms with Crippen molar-refractivity contribution in [2.45, 2.75) is 38.0 Å². The SMILES string of the molecule is Cc1ccnc2ncn(Cc3nn(C4CC(F)(c5ccc(F)cc5)C4)c(=O)o3)c(=O)c12. The molecule has 0 atom stereocenters. The lowest BCUT2D eigenvalue weighted by Crippen LogP contribution is -2.41. The monoisotopic (exact) mass is 425 g/mol. The van der Waals surface area contributed by atoms with Crippen LogP contribution in [0.3, 0.4) is 0 Å². The quantitative estimate of drug-likeness (QED) is 0.499. The van der Waals surface area contributed by atoms with Gasteiger partial charge in [-0.3, -0.25) is 9.36 Å². The Kier molecular flexibility index (Phi) is 4.31. The van der Waals surface area contributed by atoms with Crippen LogP contribution < -0.4 is 11.3 Å². The van der Waals surface area contributed by atoms with Crippen molar-refractivity contribution in [2.24, 2.45) is 0 Å². The van der Waals surface area contributed by atoms with E-state index in [1.54, 1.807) is 19.2 Å². The van der Waals surface area contributed by atoms with Gasteiger partial charge in [0.15, 0.2) is 5.65 Å². The molecule has 0 aliphatic heterocycles. The lowest BCUT2D eigenvalue weighted by molar-refractivity contribution is 0.00174.